The van der Waals surface area contributed by atoms with Crippen molar-refractivity contribution in [3.05, 3.63) is 99.7 Å². The maximum Gasteiger partial charge on any atom is 0.390 e. The molecule has 6 nitrogen and oxygen atoms in total. The van der Waals surface area contributed by atoms with Crippen LogP contribution in [0.4, 0.5) is 18.9 Å². The molecule has 0 spiro atoms. The van der Waals surface area contributed by atoms with Crippen molar-refractivity contribution in [1.29, 1.82) is 0 Å². The molecule has 0 saturated carbocycles. The van der Waals surface area contributed by atoms with Crippen molar-refractivity contribution in [3.63, 3.8) is 0 Å². The van der Waals surface area contributed by atoms with E-state index in [4.69, 9.17) is 4.74 Å². The summed E-state index contributed by atoms with van der Waals surface area (Å²) in [4.78, 5) is 13.6. The number of hydrogen-bond acceptors (Lipinski definition) is 4. The number of H-pyrrole nitrogens is 1. The van der Waals surface area contributed by atoms with Crippen LogP contribution in [0, 0.1) is 10.1 Å². The molecule has 9 heteroatoms. The molecule has 0 amide bonds. The second-order valence-corrected chi connectivity index (χ2v) is 7.66. The lowest BCUT2D eigenvalue weighted by molar-refractivity contribution is -0.384. The number of benzene rings is 3. The van der Waals surface area contributed by atoms with Gasteiger partial charge in [0.25, 0.3) is 5.69 Å². The van der Waals surface area contributed by atoms with Gasteiger partial charge in [-0.15, -0.1) is 0 Å². The lowest BCUT2D eigenvalue weighted by Crippen LogP contribution is -2.35. The van der Waals surface area contributed by atoms with E-state index in [-0.39, 0.29) is 22.6 Å². The van der Waals surface area contributed by atoms with Gasteiger partial charge in [0.05, 0.1) is 23.9 Å². The Balaban J connectivity index is 2.09. The Kier molecular flexibility index (Phi) is 5.49. The van der Waals surface area contributed by atoms with Crippen LogP contribution in [0.25, 0.3) is 10.9 Å². The fraction of sp³-hybridized carbons (Fsp3) is 0.167. The Bertz CT molecular complexity index is 1300. The van der Waals surface area contributed by atoms with Crippen LogP contribution in [-0.4, -0.2) is 28.3 Å². The minimum atomic E-state index is -4.60. The van der Waals surface area contributed by atoms with Gasteiger partial charge in [0.15, 0.2) is 0 Å². The number of phenols is 1. The first kappa shape index (κ1) is 22.2. The van der Waals surface area contributed by atoms with E-state index < -0.39 is 22.9 Å². The number of alkyl halides is 3. The van der Waals surface area contributed by atoms with Gasteiger partial charge in [-0.05, 0) is 47.0 Å². The molecule has 0 bridgehead atoms. The number of nitro groups is 1. The second kappa shape index (κ2) is 8.16. The number of ether oxygens (including phenoxy) is 1. The summed E-state index contributed by atoms with van der Waals surface area (Å²) in [5.41, 5.74) is -0.557. The summed E-state index contributed by atoms with van der Waals surface area (Å²) < 4.78 is 47.7. The zero-order valence-corrected chi connectivity index (χ0v) is 17.4. The predicted molar refractivity (Wildman–Crippen MR) is 117 cm³/mol. The SMILES string of the molecule is COc1ccc2[nH]cc([C@](CC(F)(F)F)(c3ccc(O)cc3)c3ccc([N+](=O)[O-])cc3)c2c1. The molecule has 0 aliphatic heterocycles. The van der Waals surface area contributed by atoms with Crippen molar-refractivity contribution in [3.8, 4) is 11.5 Å². The number of nitrogens with zero attached hydrogens (tertiary/aromatic N) is 1. The smallest absolute Gasteiger partial charge is 0.390 e. The Hall–Kier alpha value is -4.01. The Labute approximate surface area is 186 Å². The number of rotatable bonds is 6. The fourth-order valence-corrected chi connectivity index (χ4v) is 4.27. The van der Waals surface area contributed by atoms with Gasteiger partial charge in [0.1, 0.15) is 11.5 Å². The first-order valence-corrected chi connectivity index (χ1v) is 9.91. The monoisotopic (exact) mass is 456 g/mol. The van der Waals surface area contributed by atoms with Crippen LogP contribution in [0.3, 0.4) is 0 Å². The second-order valence-electron chi connectivity index (χ2n) is 7.66. The van der Waals surface area contributed by atoms with Crippen molar-refractivity contribution in [1.82, 2.24) is 4.98 Å². The number of aromatic amines is 1. The topological polar surface area (TPSA) is 88.4 Å². The number of non-ortho nitro benzene ring substituents is 1. The van der Waals surface area contributed by atoms with E-state index in [1.165, 1.54) is 61.8 Å². The maximum atomic E-state index is 14.2. The molecule has 4 rings (SSSR count). The summed E-state index contributed by atoms with van der Waals surface area (Å²) in [5, 5.41) is 21.4. The Morgan fingerprint density at radius 2 is 1.61 bits per heavy atom. The number of methoxy groups -OCH3 is 1. The molecule has 0 fully saturated rings. The highest BCUT2D eigenvalue weighted by Crippen LogP contribution is 2.49. The summed E-state index contributed by atoms with van der Waals surface area (Å²) in [5.74, 6) is 0.377. The summed E-state index contributed by atoms with van der Waals surface area (Å²) in [7, 11) is 1.47. The minimum absolute atomic E-state index is 0.0936. The molecule has 0 aliphatic rings. The molecule has 4 aromatic rings. The summed E-state index contributed by atoms with van der Waals surface area (Å²) in [6.45, 7) is 0. The quantitative estimate of drug-likeness (QED) is 0.272. The van der Waals surface area contributed by atoms with Crippen molar-refractivity contribution < 1.29 is 27.9 Å². The summed E-state index contributed by atoms with van der Waals surface area (Å²) in [6, 6.07) is 15.6. The summed E-state index contributed by atoms with van der Waals surface area (Å²) in [6.07, 6.45) is -4.35. The van der Waals surface area contributed by atoms with E-state index in [1.54, 1.807) is 18.2 Å². The zero-order valence-electron chi connectivity index (χ0n) is 17.4. The van der Waals surface area contributed by atoms with Crippen LogP contribution >= 0.6 is 0 Å². The fourth-order valence-electron chi connectivity index (χ4n) is 4.27. The lowest BCUT2D eigenvalue weighted by atomic mass is 9.67. The molecular weight excluding hydrogens is 437 g/mol. The van der Waals surface area contributed by atoms with E-state index in [0.717, 1.165) is 0 Å². The van der Waals surface area contributed by atoms with Crippen molar-refractivity contribution in [2.75, 3.05) is 7.11 Å². The molecule has 0 aliphatic carbocycles. The molecule has 170 valence electrons. The van der Waals surface area contributed by atoms with Crippen molar-refractivity contribution >= 4 is 16.6 Å². The average molecular weight is 456 g/mol. The Morgan fingerprint density at radius 3 is 2.15 bits per heavy atom. The Morgan fingerprint density at radius 1 is 1.00 bits per heavy atom. The number of nitro benzene ring substituents is 1. The zero-order chi connectivity index (χ0) is 23.8. The molecule has 2 N–H and O–H groups in total. The highest BCUT2D eigenvalue weighted by Gasteiger charge is 2.47. The molecule has 1 heterocycles. The predicted octanol–water partition coefficient (Wildman–Crippen LogP) is 6.08. The minimum Gasteiger partial charge on any atom is -0.508 e. The van der Waals surface area contributed by atoms with Gasteiger partial charge in [-0.25, -0.2) is 0 Å². The first-order valence-electron chi connectivity index (χ1n) is 9.91. The van der Waals surface area contributed by atoms with Crippen LogP contribution in [0.15, 0.2) is 72.9 Å². The maximum absolute atomic E-state index is 14.2. The largest absolute Gasteiger partial charge is 0.508 e. The molecule has 1 atom stereocenters. The number of nitrogens with one attached hydrogen (secondary N) is 1. The van der Waals surface area contributed by atoms with E-state index in [9.17, 15) is 28.4 Å². The standard InChI is InChI=1S/C24H19F3N2O4/c1-33-19-10-11-22-20(12-19)21(13-28-22)23(14-24(25,26)27,16-4-8-18(30)9-5-16)15-2-6-17(7-3-15)29(31)32/h2-13,28,30H,14H2,1H3/t23-/m0/s1. The van der Waals surface area contributed by atoms with Gasteiger partial charge in [0, 0.05) is 29.2 Å². The van der Waals surface area contributed by atoms with Crippen molar-refractivity contribution in [2.45, 2.75) is 18.0 Å². The third kappa shape index (κ3) is 4.09. The van der Waals surface area contributed by atoms with E-state index in [2.05, 4.69) is 4.98 Å². The van der Waals surface area contributed by atoms with Crippen LogP contribution < -0.4 is 4.74 Å². The third-order valence-electron chi connectivity index (χ3n) is 5.75. The third-order valence-corrected chi connectivity index (χ3v) is 5.75. The number of phenolic OH excluding ortho intramolecular Hbond substituents is 1. The van der Waals surface area contributed by atoms with Crippen molar-refractivity contribution in [2.24, 2.45) is 0 Å². The van der Waals surface area contributed by atoms with Gasteiger partial charge < -0.3 is 14.8 Å². The van der Waals surface area contributed by atoms with Crippen LogP contribution in [-0.2, 0) is 5.41 Å². The highest BCUT2D eigenvalue weighted by atomic mass is 19.4. The average Bonchev–Trinajstić information content (AvgIpc) is 3.21. The molecule has 3 aromatic carbocycles. The number of aromatic hydroxyl groups is 1. The van der Waals surface area contributed by atoms with Crippen LogP contribution in [0.1, 0.15) is 23.1 Å². The highest BCUT2D eigenvalue weighted by molar-refractivity contribution is 5.87. The van der Waals surface area contributed by atoms with Gasteiger partial charge in [0.2, 0.25) is 0 Å². The van der Waals surface area contributed by atoms with E-state index in [0.29, 0.717) is 22.2 Å². The molecule has 0 saturated heterocycles. The number of fused-ring (bicyclic) bond motifs is 1. The molecule has 0 unspecified atom stereocenters. The molecule has 33 heavy (non-hydrogen) atoms. The first-order chi connectivity index (χ1) is 15.6. The van der Waals surface area contributed by atoms with Gasteiger partial charge in [-0.3, -0.25) is 10.1 Å². The van der Waals surface area contributed by atoms with Gasteiger partial charge in [-0.2, -0.15) is 13.2 Å². The molecular formula is C24H19F3N2O4. The van der Waals surface area contributed by atoms with Crippen LogP contribution in [0.5, 0.6) is 11.5 Å². The normalized spacial score (nSPS) is 13.6. The number of hydrogen-bond donors (Lipinski definition) is 2. The van der Waals surface area contributed by atoms with Gasteiger partial charge in [-0.1, -0.05) is 24.3 Å². The van der Waals surface area contributed by atoms with E-state index >= 15 is 0 Å². The number of aromatic nitrogens is 1. The van der Waals surface area contributed by atoms with Crippen LogP contribution in [0.2, 0.25) is 0 Å². The number of halogens is 3. The van der Waals surface area contributed by atoms with E-state index in [1.807, 2.05) is 0 Å². The summed E-state index contributed by atoms with van der Waals surface area (Å²) >= 11 is 0. The van der Waals surface area contributed by atoms with Gasteiger partial charge >= 0.3 is 6.18 Å². The lowest BCUT2D eigenvalue weighted by Gasteiger charge is -2.36. The molecule has 0 radical (unpaired) electrons. The molecule has 1 aromatic heterocycles.